The van der Waals surface area contributed by atoms with E-state index in [0.717, 1.165) is 37.4 Å². The van der Waals surface area contributed by atoms with E-state index in [2.05, 4.69) is 11.8 Å². The van der Waals surface area contributed by atoms with Crippen LogP contribution in [0.1, 0.15) is 18.9 Å². The van der Waals surface area contributed by atoms with E-state index in [4.69, 9.17) is 15.9 Å². The lowest BCUT2D eigenvalue weighted by Gasteiger charge is -2.23. The quantitative estimate of drug-likeness (QED) is 0.609. The highest BCUT2D eigenvalue weighted by molar-refractivity contribution is 5.76. The number of benzene rings is 1. The molecule has 2 rings (SSSR count). The topological polar surface area (TPSA) is 62.3 Å². The van der Waals surface area contributed by atoms with Crippen molar-refractivity contribution in [3.05, 3.63) is 29.6 Å². The molecule has 1 aliphatic heterocycles. The normalized spacial score (nSPS) is 17.3. The number of nitrogens with one attached hydrogen (secondary N) is 1. The molecule has 0 aromatic heterocycles. The third-order valence-corrected chi connectivity index (χ3v) is 3.37. The van der Waals surface area contributed by atoms with E-state index >= 15 is 0 Å². The summed E-state index contributed by atoms with van der Waals surface area (Å²) in [4.78, 5) is 2.20. The molecule has 1 aliphatic rings. The van der Waals surface area contributed by atoms with Gasteiger partial charge in [-0.05, 0) is 24.7 Å². The lowest BCUT2D eigenvalue weighted by Crippen LogP contribution is -2.36. The number of hydrogen-bond acceptors (Lipinski definition) is 3. The van der Waals surface area contributed by atoms with Crippen LogP contribution in [0.3, 0.4) is 0 Å². The first-order chi connectivity index (χ1) is 9.08. The van der Waals surface area contributed by atoms with Gasteiger partial charge in [-0.1, -0.05) is 6.92 Å². The molecule has 19 heavy (non-hydrogen) atoms. The Hall–Kier alpha value is -1.62. The Morgan fingerprint density at radius 3 is 3.05 bits per heavy atom. The van der Waals surface area contributed by atoms with Gasteiger partial charge in [-0.3, -0.25) is 10.3 Å². The summed E-state index contributed by atoms with van der Waals surface area (Å²) in [6.45, 7) is 4.50. The zero-order valence-corrected chi connectivity index (χ0v) is 11.2. The second-order valence-electron chi connectivity index (χ2n) is 4.86. The predicted molar refractivity (Wildman–Crippen MR) is 73.2 cm³/mol. The van der Waals surface area contributed by atoms with Gasteiger partial charge >= 0.3 is 0 Å². The van der Waals surface area contributed by atoms with Crippen molar-refractivity contribution in [1.29, 1.82) is 5.41 Å². The van der Waals surface area contributed by atoms with Crippen LogP contribution >= 0.6 is 0 Å². The average Bonchev–Trinajstić information content (AvgIpc) is 2.75. The Labute approximate surface area is 112 Å². The molecule has 0 radical (unpaired) electrons. The molecule has 0 amide bonds. The van der Waals surface area contributed by atoms with Crippen molar-refractivity contribution in [1.82, 2.24) is 4.90 Å². The number of nitrogens with zero attached hydrogens (tertiary/aromatic N) is 1. The summed E-state index contributed by atoms with van der Waals surface area (Å²) < 4.78 is 18.9. The third kappa shape index (κ3) is 3.67. The summed E-state index contributed by atoms with van der Waals surface area (Å²) in [5.74, 6) is 0.775. The molecule has 0 saturated carbocycles. The van der Waals surface area contributed by atoms with Gasteiger partial charge in [-0.25, -0.2) is 4.39 Å². The fraction of sp³-hybridized carbons (Fsp3) is 0.500. The van der Waals surface area contributed by atoms with Crippen molar-refractivity contribution in [2.45, 2.75) is 25.9 Å². The maximum atomic E-state index is 13.1. The summed E-state index contributed by atoms with van der Waals surface area (Å²) in [7, 11) is 0. The highest BCUT2D eigenvalue weighted by atomic mass is 19.1. The molecule has 1 atom stereocenters. The van der Waals surface area contributed by atoms with Crippen LogP contribution in [0.5, 0.6) is 5.75 Å². The van der Waals surface area contributed by atoms with E-state index in [1.165, 1.54) is 6.07 Å². The van der Waals surface area contributed by atoms with E-state index < -0.39 is 0 Å². The first-order valence-electron chi connectivity index (χ1n) is 6.58. The molecular formula is C14H20FN3O. The molecule has 4 nitrogen and oxygen atoms in total. The summed E-state index contributed by atoms with van der Waals surface area (Å²) in [6, 6.07) is 4.66. The number of amidine groups is 1. The van der Waals surface area contributed by atoms with Crippen LogP contribution in [0.2, 0.25) is 0 Å². The maximum Gasteiger partial charge on any atom is 0.123 e. The number of rotatable bonds is 6. The smallest absolute Gasteiger partial charge is 0.123 e. The van der Waals surface area contributed by atoms with Gasteiger partial charge in [0, 0.05) is 31.5 Å². The standard InChI is InChI=1S/C14H20FN3O/c1-2-18(6-5-14(16)17)9-12-8-10-7-11(15)3-4-13(10)19-12/h3-4,7,12H,2,5-6,8-9H2,1H3,(H3,16,17). The second-order valence-corrected chi connectivity index (χ2v) is 4.86. The van der Waals surface area contributed by atoms with E-state index in [-0.39, 0.29) is 17.8 Å². The summed E-state index contributed by atoms with van der Waals surface area (Å²) in [6.07, 6.45) is 1.37. The van der Waals surface area contributed by atoms with E-state index in [1.807, 2.05) is 0 Å². The van der Waals surface area contributed by atoms with Gasteiger partial charge in [0.05, 0.1) is 5.84 Å². The first-order valence-corrected chi connectivity index (χ1v) is 6.58. The SMILES string of the molecule is CCN(CCC(=N)N)CC1Cc2cc(F)ccc2O1. The van der Waals surface area contributed by atoms with Crippen molar-refractivity contribution in [2.75, 3.05) is 19.6 Å². The Morgan fingerprint density at radius 1 is 1.58 bits per heavy atom. The maximum absolute atomic E-state index is 13.1. The molecule has 0 fully saturated rings. The minimum atomic E-state index is -0.216. The van der Waals surface area contributed by atoms with Gasteiger partial charge < -0.3 is 10.5 Å². The highest BCUT2D eigenvalue weighted by Crippen LogP contribution is 2.29. The molecule has 3 N–H and O–H groups in total. The van der Waals surface area contributed by atoms with E-state index in [0.29, 0.717) is 6.42 Å². The Kier molecular flexibility index (Phi) is 4.37. The number of nitrogens with two attached hydrogens (primary N) is 1. The van der Waals surface area contributed by atoms with Gasteiger partial charge in [0.15, 0.2) is 0 Å². The van der Waals surface area contributed by atoms with Gasteiger partial charge in [0.25, 0.3) is 0 Å². The molecule has 104 valence electrons. The molecular weight excluding hydrogens is 245 g/mol. The monoisotopic (exact) mass is 265 g/mol. The Bertz CT molecular complexity index is 464. The van der Waals surface area contributed by atoms with Crippen LogP contribution < -0.4 is 10.5 Å². The lowest BCUT2D eigenvalue weighted by atomic mass is 10.1. The summed E-state index contributed by atoms with van der Waals surface area (Å²) in [5.41, 5.74) is 6.31. The fourth-order valence-corrected chi connectivity index (χ4v) is 2.34. The summed E-state index contributed by atoms with van der Waals surface area (Å²) in [5, 5.41) is 7.25. The number of ether oxygens (including phenoxy) is 1. The van der Waals surface area contributed by atoms with Crippen LogP contribution in [0.15, 0.2) is 18.2 Å². The molecule has 1 unspecified atom stereocenters. The highest BCUT2D eigenvalue weighted by Gasteiger charge is 2.24. The third-order valence-electron chi connectivity index (χ3n) is 3.37. The number of fused-ring (bicyclic) bond motifs is 1. The molecule has 1 heterocycles. The van der Waals surface area contributed by atoms with Crippen molar-refractivity contribution in [2.24, 2.45) is 5.73 Å². The zero-order chi connectivity index (χ0) is 13.8. The largest absolute Gasteiger partial charge is 0.488 e. The van der Waals surface area contributed by atoms with Crippen LogP contribution in [-0.4, -0.2) is 36.5 Å². The Morgan fingerprint density at radius 2 is 2.37 bits per heavy atom. The predicted octanol–water partition coefficient (Wildman–Crippen LogP) is 1.78. The van der Waals surface area contributed by atoms with Gasteiger partial charge in [0.1, 0.15) is 17.7 Å². The minimum Gasteiger partial charge on any atom is -0.488 e. The molecule has 0 spiro atoms. The fourth-order valence-electron chi connectivity index (χ4n) is 2.34. The number of likely N-dealkylation sites (N-methyl/N-ethyl adjacent to an activating group) is 1. The zero-order valence-electron chi connectivity index (χ0n) is 11.2. The van der Waals surface area contributed by atoms with Crippen molar-refractivity contribution >= 4 is 5.84 Å². The van der Waals surface area contributed by atoms with Crippen LogP contribution in [0.25, 0.3) is 0 Å². The molecule has 0 bridgehead atoms. The van der Waals surface area contributed by atoms with Crippen molar-refractivity contribution < 1.29 is 9.13 Å². The second kappa shape index (κ2) is 6.02. The van der Waals surface area contributed by atoms with Crippen molar-refractivity contribution in [3.8, 4) is 5.75 Å². The van der Waals surface area contributed by atoms with E-state index in [9.17, 15) is 4.39 Å². The molecule has 1 aromatic carbocycles. The van der Waals surface area contributed by atoms with Crippen molar-refractivity contribution in [3.63, 3.8) is 0 Å². The van der Waals surface area contributed by atoms with Gasteiger partial charge in [-0.2, -0.15) is 0 Å². The summed E-state index contributed by atoms with van der Waals surface area (Å²) >= 11 is 0. The van der Waals surface area contributed by atoms with Crippen LogP contribution in [-0.2, 0) is 6.42 Å². The first kappa shape index (κ1) is 13.8. The molecule has 5 heteroatoms. The van der Waals surface area contributed by atoms with Gasteiger partial charge in [-0.15, -0.1) is 0 Å². The number of halogens is 1. The Balaban J connectivity index is 1.89. The molecule has 1 aromatic rings. The lowest BCUT2D eigenvalue weighted by molar-refractivity contribution is 0.156. The minimum absolute atomic E-state index is 0.0590. The van der Waals surface area contributed by atoms with Gasteiger partial charge in [0.2, 0.25) is 0 Å². The number of hydrogen-bond donors (Lipinski definition) is 2. The molecule has 0 aliphatic carbocycles. The average molecular weight is 265 g/mol. The van der Waals surface area contributed by atoms with Crippen LogP contribution in [0, 0.1) is 11.2 Å². The van der Waals surface area contributed by atoms with Crippen LogP contribution in [0.4, 0.5) is 4.39 Å². The van der Waals surface area contributed by atoms with E-state index in [1.54, 1.807) is 12.1 Å². The molecule has 0 saturated heterocycles.